The fourth-order valence-corrected chi connectivity index (χ4v) is 3.08. The van der Waals surface area contributed by atoms with Gasteiger partial charge in [-0.3, -0.25) is 4.79 Å². The molecule has 2 aromatic rings. The number of hydrogen-bond acceptors (Lipinski definition) is 4. The molecule has 26 heavy (non-hydrogen) atoms. The molecule has 6 nitrogen and oxygen atoms in total. The zero-order valence-electron chi connectivity index (χ0n) is 15.3. The molecule has 0 spiro atoms. The standard InChI is InChI=1S/C20H22N2O4/c1-11(2)16-9-15(5-6-17(16)23)26-19-12(3)7-14(8-13(19)4)22-18(24)10-21-20(22)25/h5-9,11,23H,10H2,1-4H3,(H,21,25). The third kappa shape index (κ3) is 3.22. The predicted octanol–water partition coefficient (Wildman–Crippen LogP) is 3.98. The highest BCUT2D eigenvalue weighted by atomic mass is 16.5. The van der Waals surface area contributed by atoms with Crippen molar-refractivity contribution in [3.05, 3.63) is 47.0 Å². The van der Waals surface area contributed by atoms with Gasteiger partial charge in [0.25, 0.3) is 5.91 Å². The molecule has 6 heteroatoms. The molecule has 0 radical (unpaired) electrons. The van der Waals surface area contributed by atoms with Crippen LogP contribution >= 0.6 is 0 Å². The molecule has 3 amide bonds. The summed E-state index contributed by atoms with van der Waals surface area (Å²) in [4.78, 5) is 24.9. The van der Waals surface area contributed by atoms with Crippen LogP contribution in [0.15, 0.2) is 30.3 Å². The number of rotatable bonds is 4. The van der Waals surface area contributed by atoms with Crippen LogP contribution in [0.5, 0.6) is 17.2 Å². The van der Waals surface area contributed by atoms with Gasteiger partial charge in [0, 0.05) is 5.56 Å². The zero-order chi connectivity index (χ0) is 19.0. The van der Waals surface area contributed by atoms with Gasteiger partial charge in [0.2, 0.25) is 0 Å². The average molecular weight is 354 g/mol. The van der Waals surface area contributed by atoms with E-state index >= 15 is 0 Å². The Hall–Kier alpha value is -3.02. The Morgan fingerprint density at radius 2 is 1.77 bits per heavy atom. The van der Waals surface area contributed by atoms with E-state index in [2.05, 4.69) is 5.32 Å². The summed E-state index contributed by atoms with van der Waals surface area (Å²) >= 11 is 0. The van der Waals surface area contributed by atoms with E-state index in [-0.39, 0.29) is 24.1 Å². The summed E-state index contributed by atoms with van der Waals surface area (Å²) in [6.07, 6.45) is 0. The molecule has 0 aliphatic carbocycles. The van der Waals surface area contributed by atoms with Crippen LogP contribution in [0.3, 0.4) is 0 Å². The Bertz CT molecular complexity index is 850. The second-order valence-electron chi connectivity index (χ2n) is 6.77. The third-order valence-corrected chi connectivity index (χ3v) is 4.39. The summed E-state index contributed by atoms with van der Waals surface area (Å²) in [5.41, 5.74) is 2.97. The number of amides is 3. The maximum absolute atomic E-state index is 11.9. The maximum atomic E-state index is 11.9. The summed E-state index contributed by atoms with van der Waals surface area (Å²) in [5, 5.41) is 12.5. The number of ether oxygens (including phenoxy) is 1. The van der Waals surface area contributed by atoms with Crippen molar-refractivity contribution in [3.8, 4) is 17.2 Å². The topological polar surface area (TPSA) is 78.9 Å². The Balaban J connectivity index is 1.94. The fourth-order valence-electron chi connectivity index (χ4n) is 3.08. The lowest BCUT2D eigenvalue weighted by Crippen LogP contribution is -2.30. The second-order valence-corrected chi connectivity index (χ2v) is 6.77. The van der Waals surface area contributed by atoms with Gasteiger partial charge in [0.05, 0.1) is 12.2 Å². The normalized spacial score (nSPS) is 14.1. The maximum Gasteiger partial charge on any atom is 0.329 e. The molecule has 0 saturated carbocycles. The molecule has 1 saturated heterocycles. The van der Waals surface area contributed by atoms with Crippen LogP contribution in [0.25, 0.3) is 0 Å². The number of imide groups is 1. The molecule has 2 N–H and O–H groups in total. The van der Waals surface area contributed by atoms with Crippen LogP contribution in [0.4, 0.5) is 10.5 Å². The van der Waals surface area contributed by atoms with Gasteiger partial charge in [-0.05, 0) is 61.2 Å². The van der Waals surface area contributed by atoms with Crippen LogP contribution in [0.1, 0.15) is 36.5 Å². The lowest BCUT2D eigenvalue weighted by Gasteiger charge is -2.18. The van der Waals surface area contributed by atoms with Gasteiger partial charge >= 0.3 is 6.03 Å². The molecule has 1 aliphatic heterocycles. The number of urea groups is 1. The highest BCUT2D eigenvalue weighted by Gasteiger charge is 2.30. The first-order valence-electron chi connectivity index (χ1n) is 8.50. The fraction of sp³-hybridized carbons (Fsp3) is 0.300. The van der Waals surface area contributed by atoms with Gasteiger partial charge in [-0.15, -0.1) is 0 Å². The molecular weight excluding hydrogens is 332 g/mol. The Kier molecular flexibility index (Phi) is 4.59. The lowest BCUT2D eigenvalue weighted by atomic mass is 10.0. The van der Waals surface area contributed by atoms with Gasteiger partial charge in [-0.1, -0.05) is 13.8 Å². The predicted molar refractivity (Wildman–Crippen MR) is 99.1 cm³/mol. The van der Waals surface area contributed by atoms with Gasteiger partial charge in [0.15, 0.2) is 0 Å². The highest BCUT2D eigenvalue weighted by molar-refractivity contribution is 6.19. The second kappa shape index (κ2) is 6.71. The van der Waals surface area contributed by atoms with Gasteiger partial charge in [0.1, 0.15) is 17.2 Å². The van der Waals surface area contributed by atoms with Crippen molar-refractivity contribution in [1.82, 2.24) is 5.32 Å². The van der Waals surface area contributed by atoms with Gasteiger partial charge in [-0.25, -0.2) is 9.69 Å². The number of aromatic hydroxyl groups is 1. The molecule has 3 rings (SSSR count). The first-order valence-corrected chi connectivity index (χ1v) is 8.50. The summed E-state index contributed by atoms with van der Waals surface area (Å²) in [6, 6.07) is 8.26. The molecule has 1 aliphatic rings. The SMILES string of the molecule is Cc1cc(N2C(=O)CNC2=O)cc(C)c1Oc1ccc(O)c(C(C)C)c1. The van der Waals surface area contributed by atoms with E-state index in [4.69, 9.17) is 4.74 Å². The minimum Gasteiger partial charge on any atom is -0.508 e. The Morgan fingerprint density at radius 3 is 2.31 bits per heavy atom. The number of nitrogens with one attached hydrogen (secondary N) is 1. The average Bonchev–Trinajstić information content (AvgIpc) is 2.90. The highest BCUT2D eigenvalue weighted by Crippen LogP contribution is 2.36. The van der Waals surface area contributed by atoms with E-state index in [0.717, 1.165) is 21.6 Å². The van der Waals surface area contributed by atoms with E-state index < -0.39 is 6.03 Å². The number of aryl methyl sites for hydroxylation is 2. The van der Waals surface area contributed by atoms with Crippen LogP contribution in [0, 0.1) is 13.8 Å². The summed E-state index contributed by atoms with van der Waals surface area (Å²) in [5.74, 6) is 1.43. The number of carbonyl (C=O) groups excluding carboxylic acids is 2. The zero-order valence-corrected chi connectivity index (χ0v) is 15.3. The number of benzene rings is 2. The van der Waals surface area contributed by atoms with Crippen molar-refractivity contribution >= 4 is 17.6 Å². The largest absolute Gasteiger partial charge is 0.508 e. The van der Waals surface area contributed by atoms with Crippen molar-refractivity contribution in [2.24, 2.45) is 0 Å². The van der Waals surface area contributed by atoms with E-state index in [1.54, 1.807) is 24.3 Å². The smallest absolute Gasteiger partial charge is 0.329 e. The number of carbonyl (C=O) groups is 2. The van der Waals surface area contributed by atoms with Crippen LogP contribution in [0.2, 0.25) is 0 Å². The van der Waals surface area contributed by atoms with Crippen LogP contribution in [-0.2, 0) is 4.79 Å². The molecule has 1 fully saturated rings. The molecule has 0 aromatic heterocycles. The molecule has 0 unspecified atom stereocenters. The molecule has 0 atom stereocenters. The number of anilines is 1. The summed E-state index contributed by atoms with van der Waals surface area (Å²) < 4.78 is 6.04. The lowest BCUT2D eigenvalue weighted by molar-refractivity contribution is -0.115. The first kappa shape index (κ1) is 17.8. The van der Waals surface area contributed by atoms with E-state index in [9.17, 15) is 14.7 Å². The minimum absolute atomic E-state index is 0.0146. The number of nitrogens with zero attached hydrogens (tertiary/aromatic N) is 1. The van der Waals surface area contributed by atoms with Gasteiger partial charge < -0.3 is 15.2 Å². The summed E-state index contributed by atoms with van der Waals surface area (Å²) in [6.45, 7) is 7.76. The van der Waals surface area contributed by atoms with Crippen molar-refractivity contribution in [2.45, 2.75) is 33.6 Å². The van der Waals surface area contributed by atoms with Crippen molar-refractivity contribution in [2.75, 3.05) is 11.4 Å². The molecule has 1 heterocycles. The Morgan fingerprint density at radius 1 is 1.12 bits per heavy atom. The van der Waals surface area contributed by atoms with Crippen LogP contribution in [-0.4, -0.2) is 23.6 Å². The minimum atomic E-state index is -0.414. The molecule has 136 valence electrons. The number of hydrogen-bond donors (Lipinski definition) is 2. The van der Waals surface area contributed by atoms with Crippen molar-refractivity contribution in [3.63, 3.8) is 0 Å². The van der Waals surface area contributed by atoms with Crippen molar-refractivity contribution in [1.29, 1.82) is 0 Å². The van der Waals surface area contributed by atoms with E-state index in [1.165, 1.54) is 0 Å². The first-order chi connectivity index (χ1) is 12.3. The van der Waals surface area contributed by atoms with Crippen LogP contribution < -0.4 is 15.0 Å². The molecule has 2 aromatic carbocycles. The van der Waals surface area contributed by atoms with E-state index in [1.807, 2.05) is 33.8 Å². The quantitative estimate of drug-likeness (QED) is 0.814. The molecular formula is C20H22N2O4. The third-order valence-electron chi connectivity index (χ3n) is 4.39. The number of phenolic OH excluding ortho intramolecular Hbond substituents is 1. The van der Waals surface area contributed by atoms with E-state index in [0.29, 0.717) is 17.2 Å². The molecule has 0 bridgehead atoms. The van der Waals surface area contributed by atoms with Gasteiger partial charge in [-0.2, -0.15) is 0 Å². The van der Waals surface area contributed by atoms with Crippen molar-refractivity contribution < 1.29 is 19.4 Å². The number of phenols is 1. The Labute approximate surface area is 152 Å². The monoisotopic (exact) mass is 354 g/mol. The summed E-state index contributed by atoms with van der Waals surface area (Å²) in [7, 11) is 0.